The Morgan fingerprint density at radius 3 is 2.34 bits per heavy atom. The highest BCUT2D eigenvalue weighted by atomic mass is 19.1. The molecule has 0 aromatic heterocycles. The van der Waals surface area contributed by atoms with Crippen LogP contribution < -0.4 is 9.47 Å². The lowest BCUT2D eigenvalue weighted by Crippen LogP contribution is -2.45. The Morgan fingerprint density at radius 1 is 0.969 bits per heavy atom. The van der Waals surface area contributed by atoms with Gasteiger partial charge < -0.3 is 24.0 Å². The van der Waals surface area contributed by atoms with E-state index in [0.29, 0.717) is 49.9 Å². The van der Waals surface area contributed by atoms with Crippen molar-refractivity contribution in [2.24, 2.45) is 5.92 Å². The van der Waals surface area contributed by atoms with E-state index in [1.54, 1.807) is 25.2 Å². The van der Waals surface area contributed by atoms with Crippen LogP contribution in [0.5, 0.6) is 11.5 Å². The predicted octanol–water partition coefficient (Wildman–Crippen LogP) is 2.56. The van der Waals surface area contributed by atoms with E-state index in [1.165, 1.54) is 24.3 Å². The second-order valence-corrected chi connectivity index (χ2v) is 7.98. The maximum atomic E-state index is 13.5. The molecule has 2 unspecified atom stereocenters. The summed E-state index contributed by atoms with van der Waals surface area (Å²) in [6, 6.07) is 11.0. The molecule has 2 atom stereocenters. The molecule has 0 radical (unpaired) electrons. The fraction of sp³-hybridized carbons (Fsp3) is 0.417. The highest BCUT2D eigenvalue weighted by Gasteiger charge is 2.43. The summed E-state index contributed by atoms with van der Waals surface area (Å²) in [6.45, 7) is 2.73. The number of carbonyl (C=O) groups excluding carboxylic acids is 2. The Balaban J connectivity index is 1.65. The van der Waals surface area contributed by atoms with E-state index in [1.807, 2.05) is 17.0 Å². The standard InChI is InChI=1S/C24H27FN2O5/c1-30-18-7-8-19(22(13-18)31-2)20-14-27(23(28)16-3-5-17(25)6-4-16)15-21(20)24(29)26-9-11-32-12-10-26/h3-8,13,20-21H,9-12,14-15H2,1-2H3. The lowest BCUT2D eigenvalue weighted by Gasteiger charge is -2.31. The Hall–Kier alpha value is -3.13. The Morgan fingerprint density at radius 2 is 1.69 bits per heavy atom. The first kappa shape index (κ1) is 22.1. The fourth-order valence-corrected chi connectivity index (χ4v) is 4.45. The Kier molecular flexibility index (Phi) is 6.60. The normalized spacial score (nSPS) is 20.8. The molecule has 2 fully saturated rings. The van der Waals surface area contributed by atoms with Crippen LogP contribution in [-0.2, 0) is 9.53 Å². The van der Waals surface area contributed by atoms with Gasteiger partial charge in [0.15, 0.2) is 0 Å². The van der Waals surface area contributed by atoms with Crippen molar-refractivity contribution in [2.45, 2.75) is 5.92 Å². The van der Waals surface area contributed by atoms with Crippen LogP contribution in [0.25, 0.3) is 0 Å². The van der Waals surface area contributed by atoms with Gasteiger partial charge in [0.2, 0.25) is 5.91 Å². The van der Waals surface area contributed by atoms with Gasteiger partial charge in [-0.2, -0.15) is 0 Å². The first-order valence-electron chi connectivity index (χ1n) is 10.6. The number of nitrogens with zero attached hydrogens (tertiary/aromatic N) is 2. The van der Waals surface area contributed by atoms with Gasteiger partial charge in [-0.15, -0.1) is 0 Å². The van der Waals surface area contributed by atoms with Gasteiger partial charge in [-0.1, -0.05) is 6.07 Å². The van der Waals surface area contributed by atoms with Gasteiger partial charge in [0.1, 0.15) is 17.3 Å². The van der Waals surface area contributed by atoms with Crippen molar-refractivity contribution in [2.75, 3.05) is 53.6 Å². The fourth-order valence-electron chi connectivity index (χ4n) is 4.45. The van der Waals surface area contributed by atoms with E-state index in [9.17, 15) is 14.0 Å². The topological polar surface area (TPSA) is 68.3 Å². The molecular weight excluding hydrogens is 415 g/mol. The number of rotatable bonds is 5. The van der Waals surface area contributed by atoms with Crippen LogP contribution in [0.15, 0.2) is 42.5 Å². The molecule has 2 saturated heterocycles. The summed E-state index contributed by atoms with van der Waals surface area (Å²) < 4.78 is 29.6. The van der Waals surface area contributed by atoms with Crippen molar-refractivity contribution < 1.29 is 28.2 Å². The zero-order chi connectivity index (χ0) is 22.7. The number of ether oxygens (including phenoxy) is 3. The zero-order valence-electron chi connectivity index (χ0n) is 18.3. The second-order valence-electron chi connectivity index (χ2n) is 7.98. The molecule has 4 rings (SSSR count). The molecule has 7 nitrogen and oxygen atoms in total. The van der Waals surface area contributed by atoms with Crippen molar-refractivity contribution >= 4 is 11.8 Å². The average Bonchev–Trinajstić information content (AvgIpc) is 3.29. The highest BCUT2D eigenvalue weighted by Crippen LogP contribution is 2.40. The molecule has 0 N–H and O–H groups in total. The molecule has 2 aliphatic heterocycles. The minimum absolute atomic E-state index is 0.00516. The molecule has 0 aliphatic carbocycles. The van der Waals surface area contributed by atoms with Crippen LogP contribution in [0, 0.1) is 11.7 Å². The van der Waals surface area contributed by atoms with Crippen LogP contribution in [-0.4, -0.2) is 75.2 Å². The molecule has 0 spiro atoms. The van der Waals surface area contributed by atoms with Gasteiger partial charge in [-0.05, 0) is 30.3 Å². The number of halogens is 1. The third-order valence-corrected chi connectivity index (χ3v) is 6.18. The van der Waals surface area contributed by atoms with E-state index in [4.69, 9.17) is 14.2 Å². The van der Waals surface area contributed by atoms with Crippen molar-refractivity contribution in [1.82, 2.24) is 9.80 Å². The number of carbonyl (C=O) groups is 2. The quantitative estimate of drug-likeness (QED) is 0.712. The Labute approximate surface area is 186 Å². The second kappa shape index (κ2) is 9.56. The van der Waals surface area contributed by atoms with Crippen LogP contribution in [0.3, 0.4) is 0 Å². The van der Waals surface area contributed by atoms with Crippen LogP contribution >= 0.6 is 0 Å². The van der Waals surface area contributed by atoms with Crippen LogP contribution in [0.2, 0.25) is 0 Å². The van der Waals surface area contributed by atoms with Gasteiger partial charge in [0.05, 0.1) is 33.4 Å². The maximum absolute atomic E-state index is 13.5. The molecule has 2 aromatic rings. The van der Waals surface area contributed by atoms with E-state index in [0.717, 1.165) is 5.56 Å². The van der Waals surface area contributed by atoms with Crippen molar-refractivity contribution in [1.29, 1.82) is 0 Å². The number of hydrogen-bond donors (Lipinski definition) is 0. The lowest BCUT2D eigenvalue weighted by atomic mass is 9.87. The van der Waals surface area contributed by atoms with Gasteiger partial charge >= 0.3 is 0 Å². The number of hydrogen-bond acceptors (Lipinski definition) is 5. The third-order valence-electron chi connectivity index (χ3n) is 6.18. The summed E-state index contributed by atoms with van der Waals surface area (Å²) in [6.07, 6.45) is 0. The minimum Gasteiger partial charge on any atom is -0.497 e. The molecule has 0 bridgehead atoms. The summed E-state index contributed by atoms with van der Waals surface area (Å²) >= 11 is 0. The summed E-state index contributed by atoms with van der Waals surface area (Å²) in [4.78, 5) is 30.1. The molecule has 2 aliphatic rings. The van der Waals surface area contributed by atoms with E-state index >= 15 is 0 Å². The summed E-state index contributed by atoms with van der Waals surface area (Å²) in [5.41, 5.74) is 1.25. The predicted molar refractivity (Wildman–Crippen MR) is 115 cm³/mol. The first-order valence-corrected chi connectivity index (χ1v) is 10.6. The number of likely N-dealkylation sites (tertiary alicyclic amines) is 1. The minimum atomic E-state index is -0.417. The SMILES string of the molecule is COc1ccc(C2CN(C(=O)c3ccc(F)cc3)CC2C(=O)N2CCOCC2)c(OC)c1. The third kappa shape index (κ3) is 4.41. The number of amides is 2. The van der Waals surface area contributed by atoms with Gasteiger partial charge in [-0.3, -0.25) is 9.59 Å². The van der Waals surface area contributed by atoms with Crippen LogP contribution in [0.1, 0.15) is 21.8 Å². The summed E-state index contributed by atoms with van der Waals surface area (Å²) in [7, 11) is 3.16. The van der Waals surface area contributed by atoms with E-state index in [2.05, 4.69) is 0 Å². The molecule has 2 heterocycles. The van der Waals surface area contributed by atoms with Gasteiger partial charge in [0, 0.05) is 49.3 Å². The highest BCUT2D eigenvalue weighted by molar-refractivity contribution is 5.95. The molecule has 170 valence electrons. The van der Waals surface area contributed by atoms with E-state index < -0.39 is 11.7 Å². The van der Waals surface area contributed by atoms with Crippen molar-refractivity contribution in [3.05, 3.63) is 59.4 Å². The smallest absolute Gasteiger partial charge is 0.253 e. The zero-order valence-corrected chi connectivity index (χ0v) is 18.3. The van der Waals surface area contributed by atoms with Gasteiger partial charge in [0.25, 0.3) is 5.91 Å². The molecule has 2 aromatic carbocycles. The molecule has 8 heteroatoms. The summed E-state index contributed by atoms with van der Waals surface area (Å²) in [5, 5.41) is 0. The number of methoxy groups -OCH3 is 2. The lowest BCUT2D eigenvalue weighted by molar-refractivity contribution is -0.139. The largest absolute Gasteiger partial charge is 0.497 e. The monoisotopic (exact) mass is 442 g/mol. The van der Waals surface area contributed by atoms with Gasteiger partial charge in [-0.25, -0.2) is 4.39 Å². The summed E-state index contributed by atoms with van der Waals surface area (Å²) in [5.74, 6) is -0.00554. The van der Waals surface area contributed by atoms with Crippen LogP contribution in [0.4, 0.5) is 4.39 Å². The molecule has 0 saturated carbocycles. The number of morpholine rings is 1. The molecular formula is C24H27FN2O5. The van der Waals surface area contributed by atoms with Crippen molar-refractivity contribution in [3.63, 3.8) is 0 Å². The molecule has 32 heavy (non-hydrogen) atoms. The maximum Gasteiger partial charge on any atom is 0.253 e. The first-order chi connectivity index (χ1) is 15.5. The number of benzene rings is 2. The van der Waals surface area contributed by atoms with E-state index in [-0.39, 0.29) is 24.3 Å². The van der Waals surface area contributed by atoms with Crippen molar-refractivity contribution in [3.8, 4) is 11.5 Å². The Bertz CT molecular complexity index is 975. The average molecular weight is 442 g/mol. The molecule has 2 amide bonds.